The van der Waals surface area contributed by atoms with Gasteiger partial charge in [-0.1, -0.05) is 60.7 Å². The van der Waals surface area contributed by atoms with Crippen LogP contribution in [0.5, 0.6) is 0 Å². The van der Waals surface area contributed by atoms with E-state index < -0.39 is 38.0 Å². The Morgan fingerprint density at radius 1 is 1.00 bits per heavy atom. The first-order chi connectivity index (χ1) is 17.6. The lowest BCUT2D eigenvalue weighted by atomic mass is 9.81. The van der Waals surface area contributed by atoms with Crippen molar-refractivity contribution in [2.45, 2.75) is 42.8 Å². The van der Waals surface area contributed by atoms with Crippen molar-refractivity contribution in [1.82, 2.24) is 10.2 Å². The molecule has 3 aromatic carbocycles. The smallest absolute Gasteiger partial charge is 0.296 e. The van der Waals surface area contributed by atoms with Crippen LogP contribution in [-0.2, 0) is 21.2 Å². The predicted molar refractivity (Wildman–Crippen MR) is 139 cm³/mol. The van der Waals surface area contributed by atoms with Crippen LogP contribution < -0.4 is 10.2 Å². The third kappa shape index (κ3) is 4.42. The van der Waals surface area contributed by atoms with Gasteiger partial charge in [-0.3, -0.25) is 19.9 Å². The average molecular weight is 522 g/mol. The van der Waals surface area contributed by atoms with Crippen LogP contribution >= 0.6 is 0 Å². The van der Waals surface area contributed by atoms with Crippen LogP contribution in [0.1, 0.15) is 25.3 Å². The molecule has 2 heterocycles. The number of carbonyl (C=O) groups is 2. The maximum atomic E-state index is 15.2. The van der Waals surface area contributed by atoms with Crippen molar-refractivity contribution in [1.29, 1.82) is 0 Å². The van der Waals surface area contributed by atoms with Crippen LogP contribution in [0.3, 0.4) is 0 Å². The summed E-state index contributed by atoms with van der Waals surface area (Å²) in [5, 5.41) is 2.40. The molecule has 5 rings (SSSR count). The second kappa shape index (κ2) is 9.39. The third-order valence-corrected chi connectivity index (χ3v) is 8.46. The number of halogens is 1. The second-order valence-electron chi connectivity index (χ2n) is 9.80. The van der Waals surface area contributed by atoms with E-state index in [0.29, 0.717) is 24.2 Å². The Morgan fingerprint density at radius 3 is 2.27 bits per heavy atom. The molecule has 0 bridgehead atoms. The number of piperidine rings is 1. The fraction of sp³-hybridized carbons (Fsp3) is 0.286. The Morgan fingerprint density at radius 2 is 1.65 bits per heavy atom. The molecule has 192 valence electrons. The minimum Gasteiger partial charge on any atom is -0.296 e. The number of urea groups is 1. The molecule has 0 radical (unpaired) electrons. The summed E-state index contributed by atoms with van der Waals surface area (Å²) in [6, 6.07) is 20.5. The molecule has 0 saturated carbocycles. The summed E-state index contributed by atoms with van der Waals surface area (Å²) in [6.07, 6.45) is 1.46. The van der Waals surface area contributed by atoms with E-state index in [0.717, 1.165) is 17.9 Å². The molecule has 2 fully saturated rings. The average Bonchev–Trinajstić information content (AvgIpc) is 3.09. The zero-order valence-electron chi connectivity index (χ0n) is 20.6. The van der Waals surface area contributed by atoms with E-state index in [1.165, 1.54) is 11.0 Å². The number of anilines is 1. The maximum absolute atomic E-state index is 15.2. The number of nitrogens with one attached hydrogen (secondary N) is 1. The molecule has 0 aromatic heterocycles. The van der Waals surface area contributed by atoms with E-state index in [1.807, 2.05) is 43.3 Å². The molecule has 37 heavy (non-hydrogen) atoms. The summed E-state index contributed by atoms with van der Waals surface area (Å²) in [7, 11) is -4.11. The number of imide groups is 1. The van der Waals surface area contributed by atoms with E-state index in [1.54, 1.807) is 24.3 Å². The number of carbonyl (C=O) groups excluding carboxylic acids is 2. The minimum atomic E-state index is -4.11. The highest BCUT2D eigenvalue weighted by Gasteiger charge is 2.57. The fourth-order valence-corrected chi connectivity index (χ4v) is 6.56. The molecule has 2 unspecified atom stereocenters. The zero-order valence-corrected chi connectivity index (χ0v) is 21.5. The van der Waals surface area contributed by atoms with Gasteiger partial charge in [-0.25, -0.2) is 17.6 Å². The number of amides is 3. The predicted octanol–water partition coefficient (Wildman–Crippen LogP) is 4.38. The second-order valence-corrected chi connectivity index (χ2v) is 11.7. The molecule has 3 amide bonds. The Labute approximate surface area is 215 Å². The number of benzene rings is 3. The molecule has 2 atom stereocenters. The monoisotopic (exact) mass is 521 g/mol. The first-order valence-electron chi connectivity index (χ1n) is 12.1. The molecule has 7 nitrogen and oxygen atoms in total. The van der Waals surface area contributed by atoms with E-state index in [2.05, 4.69) is 10.2 Å². The summed E-state index contributed by atoms with van der Waals surface area (Å²) in [4.78, 5) is 29.7. The van der Waals surface area contributed by atoms with Crippen LogP contribution in [0.25, 0.3) is 11.1 Å². The number of likely N-dealkylation sites (tertiary alicyclic amines) is 1. The maximum Gasteiger partial charge on any atom is 0.329 e. The van der Waals surface area contributed by atoms with Crippen LogP contribution in [0.15, 0.2) is 77.7 Å². The molecule has 9 heteroatoms. The summed E-state index contributed by atoms with van der Waals surface area (Å²) in [5.74, 6) is -1.46. The topological polar surface area (TPSA) is 86.8 Å². The quantitative estimate of drug-likeness (QED) is 0.504. The van der Waals surface area contributed by atoms with Crippen LogP contribution in [0.2, 0.25) is 0 Å². The Balaban J connectivity index is 1.64. The molecular weight excluding hydrogens is 493 g/mol. The van der Waals surface area contributed by atoms with Crippen molar-refractivity contribution in [2.24, 2.45) is 0 Å². The lowest BCUT2D eigenvalue weighted by Crippen LogP contribution is -2.59. The van der Waals surface area contributed by atoms with Crippen molar-refractivity contribution >= 4 is 27.5 Å². The Bertz CT molecular complexity index is 1460. The molecule has 2 aliphatic rings. The number of nitrogens with zero attached hydrogens (tertiary/aromatic N) is 2. The number of hydrogen-bond acceptors (Lipinski definition) is 5. The summed E-state index contributed by atoms with van der Waals surface area (Å²) < 4.78 is 41.0. The van der Waals surface area contributed by atoms with Gasteiger partial charge in [-0.05, 0) is 43.0 Å². The van der Waals surface area contributed by atoms with Gasteiger partial charge in [0.1, 0.15) is 16.3 Å². The first kappa shape index (κ1) is 25.1. The van der Waals surface area contributed by atoms with E-state index in [-0.39, 0.29) is 24.6 Å². The minimum absolute atomic E-state index is 0.0965. The SMILES string of the molecule is CC1CC2(CCN1Cc1ccccc1)C(=O)NC(=O)N2c1c(-c2ccccc2)ccc(F)c1S(C)(=O)=O. The number of sulfone groups is 1. The Kier molecular flexibility index (Phi) is 6.37. The molecule has 3 aromatic rings. The summed E-state index contributed by atoms with van der Waals surface area (Å²) in [6.45, 7) is 3.16. The lowest BCUT2D eigenvalue weighted by Gasteiger charge is -2.46. The third-order valence-electron chi connectivity index (χ3n) is 7.33. The van der Waals surface area contributed by atoms with Gasteiger partial charge in [-0.2, -0.15) is 0 Å². The van der Waals surface area contributed by atoms with Crippen molar-refractivity contribution in [3.63, 3.8) is 0 Å². The van der Waals surface area contributed by atoms with Crippen molar-refractivity contribution < 1.29 is 22.4 Å². The van der Waals surface area contributed by atoms with E-state index >= 15 is 4.39 Å². The van der Waals surface area contributed by atoms with Gasteiger partial charge in [0, 0.05) is 31.0 Å². The van der Waals surface area contributed by atoms with Gasteiger partial charge in [0.25, 0.3) is 5.91 Å². The fourth-order valence-electron chi connectivity index (χ4n) is 5.58. The highest BCUT2D eigenvalue weighted by molar-refractivity contribution is 7.90. The van der Waals surface area contributed by atoms with Crippen molar-refractivity contribution in [3.8, 4) is 11.1 Å². The first-order valence-corrected chi connectivity index (χ1v) is 14.0. The number of rotatable bonds is 5. The van der Waals surface area contributed by atoms with Gasteiger partial charge in [0.15, 0.2) is 9.84 Å². The molecule has 1 N–H and O–H groups in total. The molecule has 1 spiro atoms. The number of hydrogen-bond donors (Lipinski definition) is 1. The normalized spacial score (nSPS) is 22.5. The van der Waals surface area contributed by atoms with Gasteiger partial charge in [0.2, 0.25) is 0 Å². The lowest BCUT2D eigenvalue weighted by molar-refractivity contribution is -0.125. The molecular formula is C28H28FN3O4S. The highest BCUT2D eigenvalue weighted by atomic mass is 32.2. The van der Waals surface area contributed by atoms with Crippen molar-refractivity contribution in [3.05, 3.63) is 84.2 Å². The van der Waals surface area contributed by atoms with Gasteiger partial charge in [0.05, 0.1) is 5.69 Å². The van der Waals surface area contributed by atoms with Crippen LogP contribution in [-0.4, -0.2) is 49.6 Å². The van der Waals surface area contributed by atoms with Crippen LogP contribution in [0.4, 0.5) is 14.9 Å². The van der Waals surface area contributed by atoms with Crippen molar-refractivity contribution in [2.75, 3.05) is 17.7 Å². The largest absolute Gasteiger partial charge is 0.329 e. The van der Waals surface area contributed by atoms with E-state index in [4.69, 9.17) is 0 Å². The molecule has 0 aliphatic carbocycles. The van der Waals surface area contributed by atoms with Gasteiger partial charge < -0.3 is 0 Å². The standard InChI is InChI=1S/C28H28FN3O4S/c1-19-17-28(15-16-31(19)18-20-9-5-3-6-10-20)26(33)30-27(34)32(28)24-22(21-11-7-4-8-12-21)13-14-23(29)25(24)37(2,35)36/h3-14,19H,15-18H2,1-2H3,(H,30,33,34). The van der Waals surface area contributed by atoms with Gasteiger partial charge >= 0.3 is 6.03 Å². The van der Waals surface area contributed by atoms with Crippen LogP contribution in [0, 0.1) is 5.82 Å². The van der Waals surface area contributed by atoms with Gasteiger partial charge in [-0.15, -0.1) is 0 Å². The summed E-state index contributed by atoms with van der Waals surface area (Å²) >= 11 is 0. The molecule has 2 saturated heterocycles. The summed E-state index contributed by atoms with van der Waals surface area (Å²) in [5.41, 5.74) is 0.663. The highest BCUT2D eigenvalue weighted by Crippen LogP contribution is 2.46. The Hall–Kier alpha value is -3.56. The molecule has 2 aliphatic heterocycles. The zero-order chi connectivity index (χ0) is 26.4. The van der Waals surface area contributed by atoms with E-state index in [9.17, 15) is 18.0 Å².